The topological polar surface area (TPSA) is 0 Å². The molecule has 0 N–H and O–H groups in total. The van der Waals surface area contributed by atoms with E-state index < -0.39 is 0 Å². The number of allylic oxidation sites excluding steroid dienone is 4. The first-order chi connectivity index (χ1) is 4.76. The maximum Gasteiger partial charge on any atom is -0.0343 e. The summed E-state index contributed by atoms with van der Waals surface area (Å²) in [6, 6.07) is 0. The van der Waals surface area contributed by atoms with Gasteiger partial charge in [-0.1, -0.05) is 37.1 Å². The molecule has 0 aliphatic carbocycles. The molecule has 0 aliphatic rings. The average Bonchev–Trinajstić information content (AvgIpc) is 1.91. The molecule has 0 aromatic carbocycles. The molecule has 0 atom stereocenters. The Hall–Kier alpha value is -0.520. The van der Waals surface area contributed by atoms with Gasteiger partial charge in [-0.05, 0) is 26.7 Å². The smallest absolute Gasteiger partial charge is 0.0343 e. The summed E-state index contributed by atoms with van der Waals surface area (Å²) in [4.78, 5) is 0. The van der Waals surface area contributed by atoms with Crippen molar-refractivity contribution in [2.45, 2.75) is 40.5 Å². The summed E-state index contributed by atoms with van der Waals surface area (Å²) in [5.41, 5.74) is 3.01. The zero-order valence-corrected chi connectivity index (χ0v) is 7.57. The van der Waals surface area contributed by atoms with Gasteiger partial charge < -0.3 is 0 Å². The standard InChI is InChI=1S/C10H18/c1-5-8-9(4)10(6-2)7-3/h5,8H,6-7H2,1-4H3/b8-5-. The lowest BCUT2D eigenvalue weighted by Gasteiger charge is -2.02. The maximum atomic E-state index is 2.21. The van der Waals surface area contributed by atoms with Gasteiger partial charge in [0.25, 0.3) is 0 Å². The van der Waals surface area contributed by atoms with Crippen molar-refractivity contribution in [3.63, 3.8) is 0 Å². The van der Waals surface area contributed by atoms with E-state index in [0.29, 0.717) is 0 Å². The van der Waals surface area contributed by atoms with E-state index in [0.717, 1.165) is 0 Å². The fourth-order valence-corrected chi connectivity index (χ4v) is 1.18. The minimum atomic E-state index is 1.19. The van der Waals surface area contributed by atoms with Crippen LogP contribution in [0.3, 0.4) is 0 Å². The van der Waals surface area contributed by atoms with Crippen molar-refractivity contribution in [3.8, 4) is 0 Å². The second kappa shape index (κ2) is 5.28. The molecule has 0 bridgehead atoms. The molecule has 0 aliphatic heterocycles. The summed E-state index contributed by atoms with van der Waals surface area (Å²) in [6.07, 6.45) is 6.66. The molecule has 0 rings (SSSR count). The van der Waals surface area contributed by atoms with E-state index in [-0.39, 0.29) is 0 Å². The molecule has 0 spiro atoms. The van der Waals surface area contributed by atoms with Gasteiger partial charge >= 0.3 is 0 Å². The van der Waals surface area contributed by atoms with Crippen molar-refractivity contribution in [2.24, 2.45) is 0 Å². The Balaban J connectivity index is 4.27. The van der Waals surface area contributed by atoms with Crippen LogP contribution < -0.4 is 0 Å². The number of hydrogen-bond acceptors (Lipinski definition) is 0. The van der Waals surface area contributed by atoms with Crippen LogP contribution >= 0.6 is 0 Å². The van der Waals surface area contributed by atoms with E-state index in [1.165, 1.54) is 18.4 Å². The monoisotopic (exact) mass is 138 g/mol. The largest absolute Gasteiger partial charge is 0.0874 e. The Morgan fingerprint density at radius 2 is 1.70 bits per heavy atom. The minimum absolute atomic E-state index is 1.19. The quantitative estimate of drug-likeness (QED) is 0.522. The second-order valence-electron chi connectivity index (χ2n) is 2.49. The molecule has 0 heteroatoms. The van der Waals surface area contributed by atoms with E-state index in [1.54, 1.807) is 5.57 Å². The fourth-order valence-electron chi connectivity index (χ4n) is 1.18. The molecular formula is C10H18. The molecule has 0 saturated carbocycles. The normalized spacial score (nSPS) is 10.4. The number of hydrogen-bond donors (Lipinski definition) is 0. The molecule has 10 heavy (non-hydrogen) atoms. The Bertz CT molecular complexity index is 132. The lowest BCUT2D eigenvalue weighted by atomic mass is 10.0. The van der Waals surface area contributed by atoms with E-state index in [1.807, 2.05) is 0 Å². The third kappa shape index (κ3) is 2.86. The Kier molecular flexibility index (Phi) is 5.00. The van der Waals surface area contributed by atoms with Crippen LogP contribution in [0.15, 0.2) is 23.3 Å². The number of rotatable bonds is 3. The van der Waals surface area contributed by atoms with Crippen molar-refractivity contribution in [1.82, 2.24) is 0 Å². The average molecular weight is 138 g/mol. The second-order valence-corrected chi connectivity index (χ2v) is 2.49. The predicted octanol–water partition coefficient (Wildman–Crippen LogP) is 3.70. The Morgan fingerprint density at radius 3 is 2.00 bits per heavy atom. The summed E-state index contributed by atoms with van der Waals surface area (Å²) in [6.45, 7) is 8.67. The first-order valence-electron chi connectivity index (χ1n) is 4.07. The zero-order chi connectivity index (χ0) is 7.98. The highest BCUT2D eigenvalue weighted by atomic mass is 14.0. The highest BCUT2D eigenvalue weighted by Gasteiger charge is 1.92. The van der Waals surface area contributed by atoms with Gasteiger partial charge in [0.05, 0.1) is 0 Å². The van der Waals surface area contributed by atoms with E-state index >= 15 is 0 Å². The van der Waals surface area contributed by atoms with Crippen LogP contribution in [0.2, 0.25) is 0 Å². The van der Waals surface area contributed by atoms with Crippen LogP contribution in [0.5, 0.6) is 0 Å². The van der Waals surface area contributed by atoms with Gasteiger partial charge in [0.1, 0.15) is 0 Å². The van der Waals surface area contributed by atoms with Crippen LogP contribution in [-0.4, -0.2) is 0 Å². The minimum Gasteiger partial charge on any atom is -0.0874 e. The third-order valence-electron chi connectivity index (χ3n) is 1.83. The summed E-state index contributed by atoms with van der Waals surface area (Å²) in [5, 5.41) is 0. The SMILES string of the molecule is C/C=C\C(C)=C(CC)CC. The van der Waals surface area contributed by atoms with Crippen molar-refractivity contribution in [1.29, 1.82) is 0 Å². The molecule has 0 aromatic rings. The molecule has 0 amide bonds. The highest BCUT2D eigenvalue weighted by Crippen LogP contribution is 2.12. The van der Waals surface area contributed by atoms with Crippen LogP contribution in [-0.2, 0) is 0 Å². The van der Waals surface area contributed by atoms with E-state index in [2.05, 4.69) is 39.8 Å². The molecular weight excluding hydrogens is 120 g/mol. The van der Waals surface area contributed by atoms with Crippen molar-refractivity contribution < 1.29 is 0 Å². The fraction of sp³-hybridized carbons (Fsp3) is 0.600. The molecule has 0 heterocycles. The summed E-state index contributed by atoms with van der Waals surface area (Å²) in [5.74, 6) is 0. The van der Waals surface area contributed by atoms with Crippen LogP contribution in [0, 0.1) is 0 Å². The van der Waals surface area contributed by atoms with Crippen LogP contribution in [0.25, 0.3) is 0 Å². The van der Waals surface area contributed by atoms with Gasteiger partial charge in [-0.25, -0.2) is 0 Å². The predicted molar refractivity (Wildman–Crippen MR) is 48.1 cm³/mol. The molecule has 0 saturated heterocycles. The summed E-state index contributed by atoms with van der Waals surface area (Å²) >= 11 is 0. The zero-order valence-electron chi connectivity index (χ0n) is 7.57. The van der Waals surface area contributed by atoms with Crippen LogP contribution in [0.1, 0.15) is 40.5 Å². The van der Waals surface area contributed by atoms with Gasteiger partial charge in [0, 0.05) is 0 Å². The van der Waals surface area contributed by atoms with Crippen molar-refractivity contribution in [3.05, 3.63) is 23.3 Å². The van der Waals surface area contributed by atoms with Gasteiger partial charge in [-0.15, -0.1) is 0 Å². The molecule has 0 fully saturated rings. The van der Waals surface area contributed by atoms with Gasteiger partial charge in [0.2, 0.25) is 0 Å². The molecule has 0 nitrogen and oxygen atoms in total. The Labute approximate surface area is 64.6 Å². The molecule has 58 valence electrons. The van der Waals surface area contributed by atoms with E-state index in [4.69, 9.17) is 0 Å². The van der Waals surface area contributed by atoms with Crippen LogP contribution in [0.4, 0.5) is 0 Å². The first-order valence-corrected chi connectivity index (χ1v) is 4.07. The van der Waals surface area contributed by atoms with Gasteiger partial charge in [-0.2, -0.15) is 0 Å². The first kappa shape index (κ1) is 9.48. The summed E-state index contributed by atoms with van der Waals surface area (Å²) in [7, 11) is 0. The van der Waals surface area contributed by atoms with Crippen molar-refractivity contribution >= 4 is 0 Å². The van der Waals surface area contributed by atoms with Crippen molar-refractivity contribution in [2.75, 3.05) is 0 Å². The molecule has 0 radical (unpaired) electrons. The summed E-state index contributed by atoms with van der Waals surface area (Å²) < 4.78 is 0. The van der Waals surface area contributed by atoms with E-state index in [9.17, 15) is 0 Å². The third-order valence-corrected chi connectivity index (χ3v) is 1.83. The molecule has 0 aromatic heterocycles. The lowest BCUT2D eigenvalue weighted by Crippen LogP contribution is -1.81. The maximum absolute atomic E-state index is 2.21. The van der Waals surface area contributed by atoms with Gasteiger partial charge in [0.15, 0.2) is 0 Å². The molecule has 0 unspecified atom stereocenters. The lowest BCUT2D eigenvalue weighted by molar-refractivity contribution is 0.956. The Morgan fingerprint density at radius 1 is 1.20 bits per heavy atom. The highest BCUT2D eigenvalue weighted by molar-refractivity contribution is 5.22. The van der Waals surface area contributed by atoms with Gasteiger partial charge in [-0.3, -0.25) is 0 Å².